The van der Waals surface area contributed by atoms with Crippen LogP contribution in [-0.4, -0.2) is 27.4 Å². The fourth-order valence-electron chi connectivity index (χ4n) is 16.1. The summed E-state index contributed by atoms with van der Waals surface area (Å²) >= 11 is 0. The van der Waals surface area contributed by atoms with Crippen LogP contribution in [0.15, 0.2) is 303 Å². The third-order valence-electron chi connectivity index (χ3n) is 20.0. The summed E-state index contributed by atoms with van der Waals surface area (Å²) in [5.74, 6) is 0. The van der Waals surface area contributed by atoms with E-state index < -0.39 is 11.7 Å². The maximum atomic E-state index is 15.8. The van der Waals surface area contributed by atoms with Gasteiger partial charge >= 0.3 is 6.18 Å². The van der Waals surface area contributed by atoms with Crippen LogP contribution in [0.25, 0.3) is 181 Å². The van der Waals surface area contributed by atoms with Crippen LogP contribution >= 0.6 is 0 Å². The Labute approximate surface area is 545 Å². The molecule has 7 nitrogen and oxygen atoms in total. The zero-order valence-electron chi connectivity index (χ0n) is 51.1. The predicted molar refractivity (Wildman–Crippen MR) is 389 cm³/mol. The van der Waals surface area contributed by atoms with Crippen molar-refractivity contribution in [3.63, 3.8) is 0 Å². The third-order valence-corrected chi connectivity index (χ3v) is 20.0. The molecular formula is C86H50F3N7. The van der Waals surface area contributed by atoms with E-state index in [2.05, 4.69) is 299 Å². The van der Waals surface area contributed by atoms with Gasteiger partial charge in [-0.1, -0.05) is 188 Å². The number of hydrogen-bond donors (Lipinski definition) is 0. The normalized spacial score (nSPS) is 12.3. The second-order valence-electron chi connectivity index (χ2n) is 25.0. The highest BCUT2D eigenvalue weighted by Gasteiger charge is 2.35. The van der Waals surface area contributed by atoms with Crippen LogP contribution in [0.4, 0.5) is 18.9 Å². The average molecular weight is 1240 g/mol. The molecular weight excluding hydrogens is 1190 g/mol. The van der Waals surface area contributed by atoms with E-state index in [-0.39, 0.29) is 16.8 Å². The predicted octanol–water partition coefficient (Wildman–Crippen LogP) is 23.5. The third kappa shape index (κ3) is 7.59. The van der Waals surface area contributed by atoms with Crippen LogP contribution < -0.4 is 0 Å². The van der Waals surface area contributed by atoms with Crippen molar-refractivity contribution in [3.8, 4) is 45.3 Å². The second kappa shape index (κ2) is 20.1. The standard InChI is InChI=1S/C86H50F3N7/c1-90-71-51-85(96-82-48-54(93-76-34-16-7-25-61(76)62-26-8-17-35-77(62)93)40-44-67(82)68-45-41-55(49-83(68)96)94-78-36-18-9-27-63(78)64-28-10-19-37-79(64)94)84(50-69(71)56-20-2-11-29-70(56)86(87,88)89)95-80-46-52(91-72-30-12-3-21-57(72)58-22-4-13-31-73(58)91)38-42-65(80)66-43-39-53(47-81(66)95)92-74-32-14-5-23-59(74)60-24-6-15-33-75(60)92/h2-51H. The molecule has 0 saturated heterocycles. The minimum Gasteiger partial charge on any atom is -0.309 e. The molecule has 0 aliphatic rings. The molecule has 0 amide bonds. The lowest BCUT2D eigenvalue weighted by atomic mass is 9.96. The van der Waals surface area contributed by atoms with Gasteiger partial charge < -0.3 is 27.4 Å². The Morgan fingerprint density at radius 1 is 0.229 bits per heavy atom. The molecule has 0 atom stereocenters. The molecule has 96 heavy (non-hydrogen) atoms. The van der Waals surface area contributed by atoms with Crippen LogP contribution in [0, 0.1) is 6.57 Å². The summed E-state index contributed by atoms with van der Waals surface area (Å²) in [4.78, 5) is 4.26. The van der Waals surface area contributed by atoms with E-state index in [9.17, 15) is 6.57 Å². The minimum absolute atomic E-state index is 0.0651. The molecule has 450 valence electrons. The fourth-order valence-corrected chi connectivity index (χ4v) is 16.1. The summed E-state index contributed by atoms with van der Waals surface area (Å²) in [6.07, 6.45) is -4.75. The Balaban J connectivity index is 0.972. The fraction of sp³-hybridized carbons (Fsp3) is 0.0116. The maximum absolute atomic E-state index is 15.8. The van der Waals surface area contributed by atoms with Gasteiger partial charge in [0, 0.05) is 87.4 Å². The number of para-hydroxylation sites is 8. The zero-order valence-corrected chi connectivity index (χ0v) is 51.1. The van der Waals surface area contributed by atoms with E-state index >= 15 is 13.2 Å². The summed E-state index contributed by atoms with van der Waals surface area (Å²) in [5, 5.41) is 12.7. The number of aromatic nitrogens is 6. The van der Waals surface area contributed by atoms with Gasteiger partial charge in [0.1, 0.15) is 0 Å². The summed E-state index contributed by atoms with van der Waals surface area (Å²) < 4.78 is 61.2. The molecule has 0 aliphatic heterocycles. The molecule has 0 unspecified atom stereocenters. The van der Waals surface area contributed by atoms with Crippen molar-refractivity contribution in [1.82, 2.24) is 27.4 Å². The lowest BCUT2D eigenvalue weighted by Crippen LogP contribution is -2.08. The Hall–Kier alpha value is -12.8. The van der Waals surface area contributed by atoms with Crippen LogP contribution in [0.3, 0.4) is 0 Å². The molecule has 0 saturated carbocycles. The summed E-state index contributed by atoms with van der Waals surface area (Å²) in [6.45, 7) is 9.18. The topological polar surface area (TPSA) is 33.9 Å². The molecule has 0 bridgehead atoms. The van der Waals surface area contributed by atoms with Gasteiger partial charge in [-0.2, -0.15) is 13.2 Å². The van der Waals surface area contributed by atoms with Crippen molar-refractivity contribution < 1.29 is 13.2 Å². The van der Waals surface area contributed by atoms with Gasteiger partial charge in [-0.3, -0.25) is 0 Å². The molecule has 6 heterocycles. The van der Waals surface area contributed by atoms with Crippen molar-refractivity contribution in [3.05, 3.63) is 320 Å². The molecule has 0 radical (unpaired) electrons. The van der Waals surface area contributed by atoms with Crippen molar-refractivity contribution in [1.29, 1.82) is 0 Å². The Morgan fingerprint density at radius 2 is 0.469 bits per heavy atom. The van der Waals surface area contributed by atoms with Crippen molar-refractivity contribution in [2.24, 2.45) is 0 Å². The van der Waals surface area contributed by atoms with E-state index in [1.165, 1.54) is 12.1 Å². The van der Waals surface area contributed by atoms with Gasteiger partial charge in [0.25, 0.3) is 0 Å². The summed E-state index contributed by atoms with van der Waals surface area (Å²) in [7, 11) is 0. The molecule has 0 fully saturated rings. The van der Waals surface area contributed by atoms with E-state index in [1.54, 1.807) is 6.07 Å². The van der Waals surface area contributed by atoms with Crippen LogP contribution in [0.5, 0.6) is 0 Å². The van der Waals surface area contributed by atoms with E-state index in [0.717, 1.165) is 160 Å². The van der Waals surface area contributed by atoms with Gasteiger partial charge in [-0.25, -0.2) is 4.85 Å². The lowest BCUT2D eigenvalue weighted by Gasteiger charge is -2.22. The maximum Gasteiger partial charge on any atom is 0.416 e. The number of rotatable bonds is 7. The summed E-state index contributed by atoms with van der Waals surface area (Å²) in [5.41, 5.74) is 15.7. The first-order valence-electron chi connectivity index (χ1n) is 32.1. The molecule has 0 N–H and O–H groups in total. The number of nitrogens with zero attached hydrogens (tertiary/aromatic N) is 7. The highest BCUT2D eigenvalue weighted by molar-refractivity contribution is 6.17. The number of halogens is 3. The second-order valence-corrected chi connectivity index (χ2v) is 25.0. The van der Waals surface area contributed by atoms with Crippen molar-refractivity contribution in [2.75, 3.05) is 0 Å². The molecule has 20 rings (SSSR count). The first kappa shape index (κ1) is 53.8. The Bertz CT molecular complexity index is 6240. The highest BCUT2D eigenvalue weighted by atomic mass is 19.4. The van der Waals surface area contributed by atoms with Gasteiger partial charge in [0.15, 0.2) is 5.69 Å². The molecule has 14 aromatic carbocycles. The average Bonchev–Trinajstić information content (AvgIpc) is 1.54. The van der Waals surface area contributed by atoms with Gasteiger partial charge in [0.2, 0.25) is 0 Å². The number of hydrogen-bond acceptors (Lipinski definition) is 0. The van der Waals surface area contributed by atoms with Crippen molar-refractivity contribution >= 4 is 137 Å². The van der Waals surface area contributed by atoms with Gasteiger partial charge in [0.05, 0.1) is 89.7 Å². The van der Waals surface area contributed by atoms with E-state index in [0.29, 0.717) is 11.4 Å². The largest absolute Gasteiger partial charge is 0.416 e. The molecule has 0 spiro atoms. The van der Waals surface area contributed by atoms with E-state index in [4.69, 9.17) is 0 Å². The Kier molecular flexibility index (Phi) is 11.3. The SMILES string of the molecule is [C-]#[N+]c1cc(-n2c3cc(-n4c5ccccc5c5ccccc54)ccc3c3ccc(-n4c5ccccc5c5ccccc54)cc32)c(-n2c3cc(-n4c5ccccc5c5ccccc54)ccc3c3ccc(-n4c5ccccc5c5ccccc54)cc32)cc1-c1ccccc1C(F)(F)F. The number of benzene rings is 14. The van der Waals surface area contributed by atoms with Gasteiger partial charge in [-0.05, 0) is 126 Å². The van der Waals surface area contributed by atoms with Crippen molar-refractivity contribution in [2.45, 2.75) is 6.18 Å². The van der Waals surface area contributed by atoms with Crippen LogP contribution in [-0.2, 0) is 6.18 Å². The lowest BCUT2D eigenvalue weighted by molar-refractivity contribution is -0.137. The Morgan fingerprint density at radius 3 is 0.740 bits per heavy atom. The number of fused-ring (bicyclic) bond motifs is 18. The molecule has 10 heteroatoms. The first-order chi connectivity index (χ1) is 47.3. The first-order valence-corrected chi connectivity index (χ1v) is 32.1. The van der Waals surface area contributed by atoms with Gasteiger partial charge in [-0.15, -0.1) is 0 Å². The zero-order chi connectivity index (χ0) is 63.7. The smallest absolute Gasteiger partial charge is 0.309 e. The van der Waals surface area contributed by atoms with Crippen LogP contribution in [0.1, 0.15) is 5.56 Å². The summed E-state index contributed by atoms with van der Waals surface area (Å²) in [6, 6.07) is 104. The minimum atomic E-state index is -4.75. The number of alkyl halides is 3. The highest BCUT2D eigenvalue weighted by Crippen LogP contribution is 2.49. The molecule has 6 aromatic heterocycles. The quantitative estimate of drug-likeness (QED) is 0.143. The van der Waals surface area contributed by atoms with Crippen LogP contribution in [0.2, 0.25) is 0 Å². The van der Waals surface area contributed by atoms with E-state index in [1.807, 2.05) is 12.1 Å². The monoisotopic (exact) mass is 1240 g/mol. The molecule has 20 aromatic rings. The molecule has 0 aliphatic carbocycles.